The summed E-state index contributed by atoms with van der Waals surface area (Å²) < 4.78 is 0. The van der Waals surface area contributed by atoms with Gasteiger partial charge in [-0.2, -0.15) is 0 Å². The quantitative estimate of drug-likeness (QED) is 0.701. The number of rotatable bonds is 1. The summed E-state index contributed by atoms with van der Waals surface area (Å²) >= 11 is 0. The van der Waals surface area contributed by atoms with Gasteiger partial charge in [-0.15, -0.1) is 0 Å². The van der Waals surface area contributed by atoms with Crippen molar-refractivity contribution >= 4 is 11.3 Å². The van der Waals surface area contributed by atoms with E-state index in [0.29, 0.717) is 5.41 Å². The van der Waals surface area contributed by atoms with Crippen LogP contribution >= 0.6 is 0 Å². The molecule has 1 atom stereocenters. The predicted molar refractivity (Wildman–Crippen MR) is 71.0 cm³/mol. The zero-order chi connectivity index (χ0) is 11.8. The van der Waals surface area contributed by atoms with E-state index < -0.39 is 0 Å². The molecule has 0 amide bonds. The number of allylic oxidation sites excluding steroid dienone is 2. The third-order valence-electron chi connectivity index (χ3n) is 3.29. The Balaban J connectivity index is 2.33. The van der Waals surface area contributed by atoms with E-state index in [-0.39, 0.29) is 0 Å². The highest BCUT2D eigenvalue weighted by molar-refractivity contribution is 5.68. The molecule has 2 rings (SSSR count). The first-order valence-electron chi connectivity index (χ1n) is 6.04. The third-order valence-corrected chi connectivity index (χ3v) is 3.29. The molecule has 0 fully saturated rings. The third kappa shape index (κ3) is 2.46. The molecule has 1 aliphatic carbocycles. The number of benzene rings is 1. The van der Waals surface area contributed by atoms with Crippen LogP contribution in [-0.2, 0) is 0 Å². The van der Waals surface area contributed by atoms with Crippen LogP contribution in [0.15, 0.2) is 30.3 Å². The molecular weight excluding hydrogens is 194 g/mol. The summed E-state index contributed by atoms with van der Waals surface area (Å²) in [6, 6.07) is 8.25. The molecule has 0 radical (unpaired) electrons. The van der Waals surface area contributed by atoms with Gasteiger partial charge in [0.25, 0.3) is 0 Å². The van der Waals surface area contributed by atoms with Crippen LogP contribution in [-0.4, -0.2) is 0 Å². The molecule has 1 aliphatic rings. The van der Waals surface area contributed by atoms with Gasteiger partial charge in [0.1, 0.15) is 0 Å². The Hall–Kier alpha value is -1.24. The van der Waals surface area contributed by atoms with Gasteiger partial charge in [-0.05, 0) is 47.4 Å². The van der Waals surface area contributed by atoms with Crippen LogP contribution in [0.5, 0.6) is 0 Å². The van der Waals surface area contributed by atoms with Crippen molar-refractivity contribution in [3.05, 3.63) is 35.9 Å². The molecule has 2 N–H and O–H groups in total. The van der Waals surface area contributed by atoms with Gasteiger partial charge < -0.3 is 5.73 Å². The summed E-state index contributed by atoms with van der Waals surface area (Å²) in [6.45, 7) is 6.98. The van der Waals surface area contributed by atoms with Gasteiger partial charge in [-0.25, -0.2) is 0 Å². The van der Waals surface area contributed by atoms with E-state index in [0.717, 1.165) is 11.6 Å². The fourth-order valence-electron chi connectivity index (χ4n) is 2.83. The van der Waals surface area contributed by atoms with Gasteiger partial charge in [0.05, 0.1) is 0 Å². The van der Waals surface area contributed by atoms with E-state index in [2.05, 4.69) is 39.0 Å². The molecule has 86 valence electrons. The lowest BCUT2D eigenvalue weighted by Gasteiger charge is -2.32. The number of hydrogen-bond acceptors (Lipinski definition) is 1. The molecular formula is C15H21N. The van der Waals surface area contributed by atoms with E-state index in [1.807, 2.05) is 12.1 Å². The summed E-state index contributed by atoms with van der Waals surface area (Å²) in [5.74, 6) is 0.771. The molecule has 0 spiro atoms. The molecule has 1 heteroatoms. The SMILES string of the molecule is CC1CC(c2ccc(N)cc2)=CC(C)(C)C1. The standard InChI is InChI=1S/C15H21N/c1-11-8-13(10-15(2,3)9-11)12-4-6-14(16)7-5-12/h4-7,10-11H,8-9,16H2,1-3H3. The van der Waals surface area contributed by atoms with Crippen molar-refractivity contribution in [3.63, 3.8) is 0 Å². The second-order valence-corrected chi connectivity index (χ2v) is 5.79. The van der Waals surface area contributed by atoms with E-state index >= 15 is 0 Å². The van der Waals surface area contributed by atoms with Crippen LogP contribution < -0.4 is 5.73 Å². The lowest BCUT2D eigenvalue weighted by molar-refractivity contribution is 0.337. The van der Waals surface area contributed by atoms with Crippen LogP contribution in [0.4, 0.5) is 5.69 Å². The average Bonchev–Trinajstić information content (AvgIpc) is 2.15. The lowest BCUT2D eigenvalue weighted by atomic mass is 9.73. The molecule has 16 heavy (non-hydrogen) atoms. The van der Waals surface area contributed by atoms with Gasteiger partial charge in [0, 0.05) is 5.69 Å². The minimum atomic E-state index is 0.328. The fourth-order valence-corrected chi connectivity index (χ4v) is 2.83. The van der Waals surface area contributed by atoms with Crippen molar-refractivity contribution in [1.29, 1.82) is 0 Å². The van der Waals surface area contributed by atoms with Crippen LogP contribution in [0.1, 0.15) is 39.2 Å². The first-order valence-corrected chi connectivity index (χ1v) is 6.04. The predicted octanol–water partition coefficient (Wildman–Crippen LogP) is 4.11. The zero-order valence-electron chi connectivity index (χ0n) is 10.5. The normalized spacial score (nSPS) is 23.9. The van der Waals surface area contributed by atoms with Crippen LogP contribution in [0, 0.1) is 11.3 Å². The van der Waals surface area contributed by atoms with Crippen molar-refractivity contribution in [3.8, 4) is 0 Å². The Morgan fingerprint density at radius 1 is 1.19 bits per heavy atom. The maximum absolute atomic E-state index is 5.72. The minimum Gasteiger partial charge on any atom is -0.399 e. The number of hydrogen-bond donors (Lipinski definition) is 1. The van der Waals surface area contributed by atoms with Crippen molar-refractivity contribution in [1.82, 2.24) is 0 Å². The van der Waals surface area contributed by atoms with Crippen molar-refractivity contribution in [2.75, 3.05) is 5.73 Å². The Labute approximate surface area is 98.4 Å². The van der Waals surface area contributed by atoms with E-state index in [1.54, 1.807) is 0 Å². The molecule has 1 unspecified atom stereocenters. The topological polar surface area (TPSA) is 26.0 Å². The highest BCUT2D eigenvalue weighted by Crippen LogP contribution is 2.40. The second-order valence-electron chi connectivity index (χ2n) is 5.79. The van der Waals surface area contributed by atoms with Gasteiger partial charge in [-0.3, -0.25) is 0 Å². The van der Waals surface area contributed by atoms with Gasteiger partial charge in [0.2, 0.25) is 0 Å². The molecule has 0 aliphatic heterocycles. The highest BCUT2D eigenvalue weighted by atomic mass is 14.5. The summed E-state index contributed by atoms with van der Waals surface area (Å²) in [7, 11) is 0. The highest BCUT2D eigenvalue weighted by Gasteiger charge is 2.25. The molecule has 0 heterocycles. The Morgan fingerprint density at radius 3 is 2.38 bits per heavy atom. The minimum absolute atomic E-state index is 0.328. The maximum Gasteiger partial charge on any atom is 0.0314 e. The average molecular weight is 215 g/mol. The zero-order valence-corrected chi connectivity index (χ0v) is 10.5. The van der Waals surface area contributed by atoms with Gasteiger partial charge >= 0.3 is 0 Å². The smallest absolute Gasteiger partial charge is 0.0314 e. The van der Waals surface area contributed by atoms with Crippen molar-refractivity contribution in [2.45, 2.75) is 33.6 Å². The maximum atomic E-state index is 5.72. The van der Waals surface area contributed by atoms with Crippen molar-refractivity contribution < 1.29 is 0 Å². The lowest BCUT2D eigenvalue weighted by Crippen LogP contribution is -2.18. The summed E-state index contributed by atoms with van der Waals surface area (Å²) in [6.07, 6.45) is 4.90. The largest absolute Gasteiger partial charge is 0.399 e. The molecule has 1 aromatic carbocycles. The fraction of sp³-hybridized carbons (Fsp3) is 0.467. The second kappa shape index (κ2) is 3.97. The number of nitrogens with two attached hydrogens (primary N) is 1. The van der Waals surface area contributed by atoms with Gasteiger partial charge in [0.15, 0.2) is 0 Å². The van der Waals surface area contributed by atoms with Crippen LogP contribution in [0.2, 0.25) is 0 Å². The molecule has 0 aromatic heterocycles. The first kappa shape index (κ1) is 11.3. The van der Waals surface area contributed by atoms with Crippen LogP contribution in [0.3, 0.4) is 0 Å². The summed E-state index contributed by atoms with van der Waals surface area (Å²) in [5, 5.41) is 0. The monoisotopic (exact) mass is 215 g/mol. The molecule has 1 aromatic rings. The molecule has 1 nitrogen and oxygen atoms in total. The van der Waals surface area contributed by atoms with Crippen molar-refractivity contribution in [2.24, 2.45) is 11.3 Å². The van der Waals surface area contributed by atoms with E-state index in [1.165, 1.54) is 24.0 Å². The van der Waals surface area contributed by atoms with E-state index in [9.17, 15) is 0 Å². The van der Waals surface area contributed by atoms with Crippen LogP contribution in [0.25, 0.3) is 5.57 Å². The molecule has 0 saturated carbocycles. The Bertz CT molecular complexity index is 398. The first-order chi connectivity index (χ1) is 7.46. The van der Waals surface area contributed by atoms with Gasteiger partial charge in [-0.1, -0.05) is 39.0 Å². The molecule has 0 saturated heterocycles. The summed E-state index contributed by atoms with van der Waals surface area (Å²) in [4.78, 5) is 0. The number of anilines is 1. The Morgan fingerprint density at radius 2 is 1.81 bits per heavy atom. The number of nitrogen functional groups attached to an aromatic ring is 1. The summed E-state index contributed by atoms with van der Waals surface area (Å²) in [5.41, 5.74) is 9.69. The Kier molecular flexibility index (Phi) is 2.79. The molecule has 0 bridgehead atoms. The van der Waals surface area contributed by atoms with E-state index in [4.69, 9.17) is 5.73 Å².